The summed E-state index contributed by atoms with van der Waals surface area (Å²) >= 11 is 0. The summed E-state index contributed by atoms with van der Waals surface area (Å²) in [5.41, 5.74) is 9.86. The molecule has 0 aliphatic carbocycles. The second kappa shape index (κ2) is 8.15. The maximum atomic E-state index is 12.3. The molecule has 146 valence electrons. The largest absolute Gasteiger partial charge is 0.458 e. The van der Waals surface area contributed by atoms with Gasteiger partial charge in [-0.25, -0.2) is 4.79 Å². The number of aromatic nitrogens is 2. The fourth-order valence-corrected chi connectivity index (χ4v) is 3.03. The molecule has 4 atom stereocenters. The van der Waals surface area contributed by atoms with Crippen molar-refractivity contribution in [3.05, 3.63) is 22.7 Å². The second-order valence-electron chi connectivity index (χ2n) is 7.03. The zero-order chi connectivity index (χ0) is 19.5. The number of nitrogens with zero attached hydrogens (tertiary/aromatic N) is 2. The summed E-state index contributed by atoms with van der Waals surface area (Å²) in [5.74, 6) is -0.441. The Bertz CT molecular complexity index is 686. The van der Waals surface area contributed by atoms with Gasteiger partial charge in [0.1, 0.15) is 23.6 Å². The van der Waals surface area contributed by atoms with Gasteiger partial charge in [0.2, 0.25) is 0 Å². The number of esters is 1. The fourth-order valence-electron chi connectivity index (χ4n) is 3.03. The van der Waals surface area contributed by atoms with E-state index in [1.807, 2.05) is 20.8 Å². The van der Waals surface area contributed by atoms with Crippen molar-refractivity contribution in [2.45, 2.75) is 64.0 Å². The van der Waals surface area contributed by atoms with E-state index in [1.165, 1.54) is 16.8 Å². The Morgan fingerprint density at radius 3 is 2.81 bits per heavy atom. The van der Waals surface area contributed by atoms with Crippen LogP contribution in [0.25, 0.3) is 0 Å². The summed E-state index contributed by atoms with van der Waals surface area (Å²) in [4.78, 5) is 27.9. The number of carbonyl (C=O) groups is 1. The number of anilines is 1. The fraction of sp³-hybridized carbons (Fsp3) is 0.706. The first-order chi connectivity index (χ1) is 12.2. The van der Waals surface area contributed by atoms with Gasteiger partial charge in [0.05, 0.1) is 19.3 Å². The highest BCUT2D eigenvalue weighted by Crippen LogP contribution is 2.36. The van der Waals surface area contributed by atoms with Crippen molar-refractivity contribution in [1.82, 2.24) is 9.55 Å². The molecular weight excluding hydrogens is 340 g/mol. The lowest BCUT2D eigenvalue weighted by molar-refractivity contribution is -0.168. The minimum atomic E-state index is -1.01. The average molecular weight is 368 g/mol. The summed E-state index contributed by atoms with van der Waals surface area (Å²) in [6.45, 7) is 5.43. The van der Waals surface area contributed by atoms with Crippen molar-refractivity contribution >= 4 is 11.8 Å². The summed E-state index contributed by atoms with van der Waals surface area (Å²) in [6, 6.07) is 0.778. The highest BCUT2D eigenvalue weighted by molar-refractivity contribution is 5.76. The number of nitrogen functional groups attached to an aromatic ring is 1. The Hall–Kier alpha value is -1.97. The second-order valence-corrected chi connectivity index (χ2v) is 7.03. The molecule has 2 rings (SSSR count). The van der Waals surface area contributed by atoms with E-state index in [-0.39, 0.29) is 24.9 Å². The lowest BCUT2D eigenvalue weighted by atomic mass is 9.93. The molecule has 0 radical (unpaired) electrons. The minimum Gasteiger partial charge on any atom is -0.458 e. The number of rotatable bonds is 7. The summed E-state index contributed by atoms with van der Waals surface area (Å²) in [6.07, 6.45) is 1.27. The van der Waals surface area contributed by atoms with Crippen LogP contribution in [0.5, 0.6) is 0 Å². The van der Waals surface area contributed by atoms with E-state index in [4.69, 9.17) is 20.9 Å². The monoisotopic (exact) mass is 368 g/mol. The highest BCUT2D eigenvalue weighted by atomic mass is 16.6. The van der Waals surface area contributed by atoms with Gasteiger partial charge < -0.3 is 26.0 Å². The van der Waals surface area contributed by atoms with Gasteiger partial charge in [-0.3, -0.25) is 9.36 Å². The predicted molar refractivity (Wildman–Crippen MR) is 95.2 cm³/mol. The van der Waals surface area contributed by atoms with E-state index in [0.29, 0.717) is 12.8 Å². The smallest absolute Gasteiger partial charge is 0.349 e. The van der Waals surface area contributed by atoms with E-state index < -0.39 is 35.5 Å². The Balaban J connectivity index is 2.15. The van der Waals surface area contributed by atoms with Crippen LogP contribution in [0.1, 0.15) is 33.6 Å². The zero-order valence-corrected chi connectivity index (χ0v) is 15.4. The van der Waals surface area contributed by atoms with Gasteiger partial charge in [-0.15, -0.1) is 0 Å². The van der Waals surface area contributed by atoms with E-state index in [9.17, 15) is 14.7 Å². The minimum absolute atomic E-state index is 0.0646. The molecule has 0 bridgehead atoms. The number of hydrogen-bond acceptors (Lipinski definition) is 8. The normalized spacial score (nSPS) is 26.8. The predicted octanol–water partition coefficient (Wildman–Crippen LogP) is -0.349. The van der Waals surface area contributed by atoms with Crippen LogP contribution in [0.3, 0.4) is 0 Å². The summed E-state index contributed by atoms with van der Waals surface area (Å²) in [7, 11) is 0. The molecule has 1 aromatic rings. The molecular formula is C17H28N4O5. The standard InChI is InChI=1S/C17H28N4O5/c1-4-17(9-22)12(25-15(23)14(19)10(2)3)7-11(26-17)8-21-6-5-13(18)20-16(21)24/h5-6,10-12,14,22H,4,7-9,19H2,1-3H3,(H2,18,20,24)/t11-,12?,14?,17-/m1/s1. The van der Waals surface area contributed by atoms with Crippen LogP contribution in [0, 0.1) is 5.92 Å². The van der Waals surface area contributed by atoms with Crippen molar-refractivity contribution in [3.8, 4) is 0 Å². The van der Waals surface area contributed by atoms with Crippen molar-refractivity contribution < 1.29 is 19.4 Å². The molecule has 5 N–H and O–H groups in total. The number of carbonyl (C=O) groups excluding carboxylic acids is 1. The first-order valence-corrected chi connectivity index (χ1v) is 8.80. The maximum absolute atomic E-state index is 12.3. The van der Waals surface area contributed by atoms with E-state index in [0.717, 1.165) is 0 Å². The van der Waals surface area contributed by atoms with Crippen LogP contribution in [0.2, 0.25) is 0 Å². The highest BCUT2D eigenvalue weighted by Gasteiger charge is 2.50. The number of nitrogens with two attached hydrogens (primary N) is 2. The molecule has 0 amide bonds. The van der Waals surface area contributed by atoms with Crippen molar-refractivity contribution in [2.75, 3.05) is 12.3 Å². The number of ether oxygens (including phenoxy) is 2. The first kappa shape index (κ1) is 20.3. The van der Waals surface area contributed by atoms with Gasteiger partial charge >= 0.3 is 11.7 Å². The number of aliphatic hydroxyl groups excluding tert-OH is 1. The van der Waals surface area contributed by atoms with E-state index >= 15 is 0 Å². The Kier molecular flexibility index (Phi) is 6.38. The Morgan fingerprint density at radius 2 is 2.27 bits per heavy atom. The van der Waals surface area contributed by atoms with Gasteiger partial charge in [-0.2, -0.15) is 4.98 Å². The third-order valence-electron chi connectivity index (χ3n) is 4.88. The molecule has 1 saturated heterocycles. The van der Waals surface area contributed by atoms with Crippen LogP contribution in [-0.2, 0) is 20.8 Å². The van der Waals surface area contributed by atoms with Crippen LogP contribution in [0.15, 0.2) is 17.1 Å². The molecule has 2 unspecified atom stereocenters. The first-order valence-electron chi connectivity index (χ1n) is 8.80. The number of aliphatic hydroxyl groups is 1. The van der Waals surface area contributed by atoms with Gasteiger partial charge in [0.15, 0.2) is 0 Å². The van der Waals surface area contributed by atoms with Gasteiger partial charge in [0, 0.05) is 12.6 Å². The topological polar surface area (TPSA) is 143 Å². The molecule has 1 aliphatic rings. The molecule has 0 spiro atoms. The molecule has 9 heteroatoms. The van der Waals surface area contributed by atoms with Crippen LogP contribution in [-0.4, -0.2) is 51.1 Å². The summed E-state index contributed by atoms with van der Waals surface area (Å²) < 4.78 is 13.0. The maximum Gasteiger partial charge on any atom is 0.349 e. The molecule has 1 fully saturated rings. The lowest BCUT2D eigenvalue weighted by Crippen LogP contribution is -2.48. The summed E-state index contributed by atoms with van der Waals surface area (Å²) in [5, 5.41) is 9.88. The Labute approximate surface area is 152 Å². The molecule has 0 saturated carbocycles. The lowest BCUT2D eigenvalue weighted by Gasteiger charge is -2.32. The van der Waals surface area contributed by atoms with Crippen molar-refractivity contribution in [1.29, 1.82) is 0 Å². The zero-order valence-electron chi connectivity index (χ0n) is 15.4. The molecule has 9 nitrogen and oxygen atoms in total. The van der Waals surface area contributed by atoms with Crippen molar-refractivity contribution in [3.63, 3.8) is 0 Å². The molecule has 1 aliphatic heterocycles. The number of hydrogen-bond donors (Lipinski definition) is 3. The third-order valence-corrected chi connectivity index (χ3v) is 4.88. The molecule has 0 aromatic carbocycles. The average Bonchev–Trinajstić information content (AvgIpc) is 2.94. The van der Waals surface area contributed by atoms with Crippen LogP contribution >= 0.6 is 0 Å². The Morgan fingerprint density at radius 1 is 1.58 bits per heavy atom. The molecule has 2 heterocycles. The quantitative estimate of drug-likeness (QED) is 0.554. The third kappa shape index (κ3) is 4.22. The van der Waals surface area contributed by atoms with Crippen LogP contribution in [0.4, 0.5) is 5.82 Å². The van der Waals surface area contributed by atoms with Crippen LogP contribution < -0.4 is 17.2 Å². The van der Waals surface area contributed by atoms with Gasteiger partial charge in [-0.1, -0.05) is 20.8 Å². The van der Waals surface area contributed by atoms with E-state index in [1.54, 1.807) is 0 Å². The van der Waals surface area contributed by atoms with E-state index in [2.05, 4.69) is 4.98 Å². The van der Waals surface area contributed by atoms with Gasteiger partial charge in [0.25, 0.3) is 0 Å². The molecule has 26 heavy (non-hydrogen) atoms. The van der Waals surface area contributed by atoms with Crippen molar-refractivity contribution in [2.24, 2.45) is 11.7 Å². The molecule has 1 aromatic heterocycles. The SMILES string of the molecule is CC[C@]1(CO)O[C@@H](Cn2ccc(N)nc2=O)CC1OC(=O)C(N)C(C)C. The van der Waals surface area contributed by atoms with Gasteiger partial charge in [-0.05, 0) is 18.4 Å².